The van der Waals surface area contributed by atoms with Crippen LogP contribution in [0.1, 0.15) is 22.3 Å². The minimum absolute atomic E-state index is 0.0674. The molecule has 1 heterocycles. The van der Waals surface area contributed by atoms with Gasteiger partial charge in [-0.15, -0.1) is 0 Å². The number of nitrogens with one attached hydrogen (secondary N) is 2. The van der Waals surface area contributed by atoms with E-state index in [2.05, 4.69) is 10.7 Å². The first-order valence-corrected chi connectivity index (χ1v) is 11.3. The Kier molecular flexibility index (Phi) is 7.07. The van der Waals surface area contributed by atoms with E-state index >= 15 is 0 Å². The fourth-order valence-corrected chi connectivity index (χ4v) is 4.11. The molecule has 3 aromatic carbocycles. The third-order valence-corrected chi connectivity index (χ3v) is 5.86. The van der Waals surface area contributed by atoms with E-state index in [-0.39, 0.29) is 17.4 Å². The largest absolute Gasteiger partial charge is 0.497 e. The second-order valence-electron chi connectivity index (χ2n) is 7.97. The van der Waals surface area contributed by atoms with Gasteiger partial charge in [-0.05, 0) is 73.2 Å². The van der Waals surface area contributed by atoms with Gasteiger partial charge in [0.15, 0.2) is 0 Å². The van der Waals surface area contributed by atoms with Gasteiger partial charge in [-0.25, -0.2) is 5.01 Å². The summed E-state index contributed by atoms with van der Waals surface area (Å²) in [7, 11) is 1.55. The SMILES string of the molecule is COc1ccc(N2C(=O)C(CC(=O)Nc3cccc(C)c3)N(NC(=O)c3ccccc3)C2=S)cc1. The Labute approximate surface area is 208 Å². The standard InChI is InChI=1S/C26H24N4O4S/c1-17-7-6-10-19(15-17)27-23(31)16-22-25(33)29(20-11-13-21(34-2)14-12-20)26(35)30(22)28-24(32)18-8-4-3-5-9-18/h3-15,22H,16H2,1-2H3,(H,27,31)(H,28,32). The predicted octanol–water partition coefficient (Wildman–Crippen LogP) is 3.68. The van der Waals surface area contributed by atoms with E-state index in [4.69, 9.17) is 17.0 Å². The number of hydrazine groups is 1. The van der Waals surface area contributed by atoms with Gasteiger partial charge in [0.2, 0.25) is 11.0 Å². The van der Waals surface area contributed by atoms with E-state index in [0.717, 1.165) is 5.56 Å². The average molecular weight is 489 g/mol. The normalized spacial score (nSPS) is 15.2. The number of carbonyl (C=O) groups is 3. The van der Waals surface area contributed by atoms with Crippen molar-refractivity contribution in [2.24, 2.45) is 0 Å². The minimum atomic E-state index is -1.03. The first-order chi connectivity index (χ1) is 16.9. The zero-order valence-corrected chi connectivity index (χ0v) is 20.0. The quantitative estimate of drug-likeness (QED) is 0.493. The van der Waals surface area contributed by atoms with Gasteiger partial charge in [-0.1, -0.05) is 30.3 Å². The van der Waals surface area contributed by atoms with Crippen molar-refractivity contribution in [2.45, 2.75) is 19.4 Å². The lowest BCUT2D eigenvalue weighted by Crippen LogP contribution is -2.49. The van der Waals surface area contributed by atoms with Gasteiger partial charge in [0.05, 0.1) is 19.2 Å². The molecule has 3 aromatic rings. The lowest BCUT2D eigenvalue weighted by atomic mass is 10.1. The van der Waals surface area contributed by atoms with Crippen LogP contribution in [0.5, 0.6) is 5.75 Å². The summed E-state index contributed by atoms with van der Waals surface area (Å²) in [5.74, 6) is -0.628. The Morgan fingerprint density at radius 2 is 1.71 bits per heavy atom. The number of rotatable bonds is 7. The molecule has 2 N–H and O–H groups in total. The van der Waals surface area contributed by atoms with E-state index in [9.17, 15) is 14.4 Å². The number of amides is 3. The first kappa shape index (κ1) is 23.9. The summed E-state index contributed by atoms with van der Waals surface area (Å²) in [5, 5.41) is 4.16. The fraction of sp³-hybridized carbons (Fsp3) is 0.154. The average Bonchev–Trinajstić information content (AvgIpc) is 3.08. The number of nitrogens with zero attached hydrogens (tertiary/aromatic N) is 2. The Hall–Kier alpha value is -4.24. The van der Waals surface area contributed by atoms with Crippen molar-refractivity contribution >= 4 is 46.4 Å². The molecule has 1 atom stereocenters. The van der Waals surface area contributed by atoms with Crippen LogP contribution in [0, 0.1) is 6.92 Å². The van der Waals surface area contributed by atoms with Crippen molar-refractivity contribution in [3.63, 3.8) is 0 Å². The summed E-state index contributed by atoms with van der Waals surface area (Å²) < 4.78 is 5.19. The molecule has 1 saturated heterocycles. The summed E-state index contributed by atoms with van der Waals surface area (Å²) in [5.41, 5.74) is 5.22. The van der Waals surface area contributed by atoms with Crippen LogP contribution in [-0.4, -0.2) is 41.0 Å². The molecule has 0 aliphatic carbocycles. The molecule has 1 unspecified atom stereocenters. The van der Waals surface area contributed by atoms with Gasteiger partial charge in [0.1, 0.15) is 11.8 Å². The maximum Gasteiger partial charge on any atom is 0.269 e. The van der Waals surface area contributed by atoms with Crippen LogP contribution in [0.2, 0.25) is 0 Å². The molecule has 0 saturated carbocycles. The van der Waals surface area contributed by atoms with E-state index in [1.165, 1.54) is 9.91 Å². The number of methoxy groups -OCH3 is 1. The van der Waals surface area contributed by atoms with Gasteiger partial charge in [0.25, 0.3) is 11.8 Å². The zero-order valence-electron chi connectivity index (χ0n) is 19.2. The molecule has 0 spiro atoms. The topological polar surface area (TPSA) is 91.0 Å². The van der Waals surface area contributed by atoms with E-state index in [1.54, 1.807) is 67.8 Å². The molecule has 3 amide bonds. The smallest absolute Gasteiger partial charge is 0.269 e. The molecule has 8 nitrogen and oxygen atoms in total. The number of carbonyl (C=O) groups excluding carboxylic acids is 3. The lowest BCUT2D eigenvalue weighted by molar-refractivity contribution is -0.124. The summed E-state index contributed by atoms with van der Waals surface area (Å²) in [6.45, 7) is 1.92. The summed E-state index contributed by atoms with van der Waals surface area (Å²) in [4.78, 5) is 40.5. The van der Waals surface area contributed by atoms with Crippen LogP contribution in [0.15, 0.2) is 78.9 Å². The highest BCUT2D eigenvalue weighted by Gasteiger charge is 2.45. The summed E-state index contributed by atoms with van der Waals surface area (Å²) >= 11 is 5.58. The van der Waals surface area contributed by atoms with Crippen LogP contribution in [0.4, 0.5) is 11.4 Å². The maximum absolute atomic E-state index is 13.5. The number of ether oxygens (including phenoxy) is 1. The molecular weight excluding hydrogens is 464 g/mol. The Morgan fingerprint density at radius 1 is 1.00 bits per heavy atom. The molecular formula is C26H24N4O4S. The van der Waals surface area contributed by atoms with Gasteiger partial charge in [-0.3, -0.25) is 24.7 Å². The predicted molar refractivity (Wildman–Crippen MR) is 137 cm³/mol. The molecule has 0 aromatic heterocycles. The highest BCUT2D eigenvalue weighted by Crippen LogP contribution is 2.28. The Bertz CT molecular complexity index is 1260. The molecule has 9 heteroatoms. The number of hydrogen-bond acceptors (Lipinski definition) is 5. The number of hydrogen-bond donors (Lipinski definition) is 2. The van der Waals surface area contributed by atoms with Crippen LogP contribution in [0.25, 0.3) is 0 Å². The lowest BCUT2D eigenvalue weighted by Gasteiger charge is -2.24. The highest BCUT2D eigenvalue weighted by atomic mass is 32.1. The summed E-state index contributed by atoms with van der Waals surface area (Å²) in [6, 6.07) is 21.7. The second-order valence-corrected chi connectivity index (χ2v) is 8.33. The molecule has 178 valence electrons. The van der Waals surface area contributed by atoms with Gasteiger partial charge in [0, 0.05) is 11.3 Å². The van der Waals surface area contributed by atoms with Gasteiger partial charge < -0.3 is 10.1 Å². The number of benzene rings is 3. The molecule has 0 radical (unpaired) electrons. The van der Waals surface area contributed by atoms with Gasteiger partial charge >= 0.3 is 0 Å². The third-order valence-electron chi connectivity index (χ3n) is 5.48. The van der Waals surface area contributed by atoms with Crippen molar-refractivity contribution in [2.75, 3.05) is 17.3 Å². The zero-order chi connectivity index (χ0) is 24.9. The van der Waals surface area contributed by atoms with E-state index in [0.29, 0.717) is 22.7 Å². The van der Waals surface area contributed by atoms with Gasteiger partial charge in [-0.2, -0.15) is 0 Å². The Balaban J connectivity index is 1.60. The molecule has 1 fully saturated rings. The minimum Gasteiger partial charge on any atom is -0.497 e. The highest BCUT2D eigenvalue weighted by molar-refractivity contribution is 7.80. The third kappa shape index (κ3) is 5.30. The maximum atomic E-state index is 13.5. The number of aryl methyl sites for hydroxylation is 1. The summed E-state index contributed by atoms with van der Waals surface area (Å²) in [6.07, 6.45) is -0.214. The fourth-order valence-electron chi connectivity index (χ4n) is 3.74. The van der Waals surface area contributed by atoms with Crippen molar-refractivity contribution < 1.29 is 19.1 Å². The molecule has 35 heavy (non-hydrogen) atoms. The second kappa shape index (κ2) is 10.4. The van der Waals surface area contributed by atoms with Crippen LogP contribution >= 0.6 is 12.2 Å². The molecule has 4 rings (SSSR count). The van der Waals surface area contributed by atoms with Crippen LogP contribution in [-0.2, 0) is 9.59 Å². The molecule has 0 bridgehead atoms. The van der Waals surface area contributed by atoms with Crippen molar-refractivity contribution in [3.8, 4) is 5.75 Å². The molecule has 1 aliphatic rings. The van der Waals surface area contributed by atoms with Crippen LogP contribution < -0.4 is 20.4 Å². The number of thiocarbonyl (C=S) groups is 1. The number of anilines is 2. The van der Waals surface area contributed by atoms with Crippen molar-refractivity contribution in [1.29, 1.82) is 0 Å². The van der Waals surface area contributed by atoms with Crippen molar-refractivity contribution in [3.05, 3.63) is 90.0 Å². The van der Waals surface area contributed by atoms with Crippen molar-refractivity contribution in [1.82, 2.24) is 10.4 Å². The van der Waals surface area contributed by atoms with Crippen LogP contribution in [0.3, 0.4) is 0 Å². The van der Waals surface area contributed by atoms with E-state index < -0.39 is 17.9 Å². The first-order valence-electron chi connectivity index (χ1n) is 10.9. The monoisotopic (exact) mass is 488 g/mol. The molecule has 1 aliphatic heterocycles. The van der Waals surface area contributed by atoms with E-state index in [1.807, 2.05) is 25.1 Å². The Morgan fingerprint density at radius 3 is 2.37 bits per heavy atom.